The van der Waals surface area contributed by atoms with Crippen LogP contribution in [0.3, 0.4) is 0 Å². The van der Waals surface area contributed by atoms with Gasteiger partial charge in [0.2, 0.25) is 5.91 Å². The molecule has 1 aliphatic rings. The molecule has 0 saturated heterocycles. The van der Waals surface area contributed by atoms with Gasteiger partial charge < -0.3 is 11.1 Å². The number of aromatic amines is 1. The molecule has 1 fully saturated rings. The number of nitrogens with zero attached hydrogens (tertiary/aromatic N) is 1. The van der Waals surface area contributed by atoms with E-state index in [1.54, 1.807) is 12.4 Å². The fourth-order valence-corrected chi connectivity index (χ4v) is 2.15. The summed E-state index contributed by atoms with van der Waals surface area (Å²) in [6.07, 6.45) is 7.16. The molecule has 1 atom stereocenters. The maximum atomic E-state index is 12.0. The Hall–Kier alpha value is -1.36. The van der Waals surface area contributed by atoms with Crippen LogP contribution in [-0.4, -0.2) is 21.6 Å². The number of amides is 1. The van der Waals surface area contributed by atoms with Gasteiger partial charge in [-0.25, -0.2) is 0 Å². The van der Waals surface area contributed by atoms with Crippen molar-refractivity contribution < 1.29 is 4.79 Å². The highest BCUT2D eigenvalue weighted by Gasteiger charge is 2.37. The van der Waals surface area contributed by atoms with Gasteiger partial charge in [0.05, 0.1) is 17.8 Å². The molecule has 2 rings (SSSR count). The van der Waals surface area contributed by atoms with Gasteiger partial charge in [-0.2, -0.15) is 5.10 Å². The second-order valence-corrected chi connectivity index (χ2v) is 4.59. The van der Waals surface area contributed by atoms with Crippen LogP contribution in [-0.2, 0) is 4.79 Å². The first-order valence-electron chi connectivity index (χ1n) is 5.70. The zero-order valence-corrected chi connectivity index (χ0v) is 9.49. The molecular formula is C11H18N4O. The normalized spacial score (nSPS) is 20.6. The van der Waals surface area contributed by atoms with Crippen molar-refractivity contribution in [2.75, 3.05) is 0 Å². The van der Waals surface area contributed by atoms with Crippen molar-refractivity contribution in [1.29, 1.82) is 0 Å². The minimum atomic E-state index is -0.655. The molecule has 1 heterocycles. The maximum absolute atomic E-state index is 12.0. The van der Waals surface area contributed by atoms with Crippen molar-refractivity contribution in [3.05, 3.63) is 18.0 Å². The second-order valence-electron chi connectivity index (χ2n) is 4.59. The summed E-state index contributed by atoms with van der Waals surface area (Å²) < 4.78 is 0. The zero-order valence-electron chi connectivity index (χ0n) is 9.49. The van der Waals surface area contributed by atoms with E-state index >= 15 is 0 Å². The van der Waals surface area contributed by atoms with Crippen molar-refractivity contribution >= 4 is 5.91 Å². The second kappa shape index (κ2) is 4.25. The molecule has 88 valence electrons. The first-order valence-corrected chi connectivity index (χ1v) is 5.70. The third-order valence-electron chi connectivity index (χ3n) is 3.31. The van der Waals surface area contributed by atoms with Crippen LogP contribution in [0.15, 0.2) is 12.4 Å². The van der Waals surface area contributed by atoms with Crippen molar-refractivity contribution in [3.8, 4) is 0 Å². The summed E-state index contributed by atoms with van der Waals surface area (Å²) >= 11 is 0. The van der Waals surface area contributed by atoms with Gasteiger partial charge in [-0.15, -0.1) is 0 Å². The van der Waals surface area contributed by atoms with Crippen LogP contribution >= 0.6 is 0 Å². The molecule has 16 heavy (non-hydrogen) atoms. The van der Waals surface area contributed by atoms with Crippen molar-refractivity contribution in [2.45, 2.75) is 44.2 Å². The van der Waals surface area contributed by atoms with E-state index in [4.69, 9.17) is 5.73 Å². The Bertz CT molecular complexity index is 354. The Morgan fingerprint density at radius 3 is 2.88 bits per heavy atom. The van der Waals surface area contributed by atoms with Gasteiger partial charge in [-0.3, -0.25) is 9.89 Å². The molecule has 1 aliphatic carbocycles. The first-order chi connectivity index (χ1) is 7.62. The van der Waals surface area contributed by atoms with E-state index in [-0.39, 0.29) is 11.9 Å². The summed E-state index contributed by atoms with van der Waals surface area (Å²) in [5.41, 5.74) is 6.38. The molecule has 0 bridgehead atoms. The number of carbonyl (C=O) groups is 1. The van der Waals surface area contributed by atoms with Gasteiger partial charge in [0.25, 0.3) is 0 Å². The lowest BCUT2D eigenvalue weighted by atomic mass is 9.97. The smallest absolute Gasteiger partial charge is 0.240 e. The Balaban J connectivity index is 1.97. The topological polar surface area (TPSA) is 83.8 Å². The molecule has 5 heteroatoms. The predicted molar refractivity (Wildman–Crippen MR) is 60.5 cm³/mol. The van der Waals surface area contributed by atoms with Crippen LogP contribution in [0.1, 0.15) is 44.2 Å². The van der Waals surface area contributed by atoms with Crippen LogP contribution in [0.25, 0.3) is 0 Å². The van der Waals surface area contributed by atoms with Gasteiger partial charge in [-0.1, -0.05) is 12.8 Å². The van der Waals surface area contributed by atoms with Crippen LogP contribution in [0.4, 0.5) is 0 Å². The van der Waals surface area contributed by atoms with Crippen LogP contribution in [0.5, 0.6) is 0 Å². The number of carbonyl (C=O) groups excluding carboxylic acids is 1. The molecule has 0 aromatic carbocycles. The van der Waals surface area contributed by atoms with E-state index in [1.807, 2.05) is 6.92 Å². The third-order valence-corrected chi connectivity index (χ3v) is 3.31. The summed E-state index contributed by atoms with van der Waals surface area (Å²) in [6, 6.07) is -0.0488. The number of H-pyrrole nitrogens is 1. The van der Waals surface area contributed by atoms with Crippen molar-refractivity contribution in [2.24, 2.45) is 5.73 Å². The van der Waals surface area contributed by atoms with E-state index in [2.05, 4.69) is 15.5 Å². The molecule has 0 aliphatic heterocycles. The van der Waals surface area contributed by atoms with Crippen LogP contribution < -0.4 is 11.1 Å². The maximum Gasteiger partial charge on any atom is 0.240 e. The van der Waals surface area contributed by atoms with Gasteiger partial charge >= 0.3 is 0 Å². The quantitative estimate of drug-likeness (QED) is 0.709. The Morgan fingerprint density at radius 2 is 2.31 bits per heavy atom. The Labute approximate surface area is 94.8 Å². The molecule has 0 radical (unpaired) electrons. The van der Waals surface area contributed by atoms with E-state index in [9.17, 15) is 4.79 Å². The van der Waals surface area contributed by atoms with Gasteiger partial charge in [0.15, 0.2) is 0 Å². The van der Waals surface area contributed by atoms with Crippen molar-refractivity contribution in [3.63, 3.8) is 0 Å². The Kier molecular flexibility index (Phi) is 2.96. The fourth-order valence-electron chi connectivity index (χ4n) is 2.15. The monoisotopic (exact) mass is 222 g/mol. The molecule has 5 nitrogen and oxygen atoms in total. The summed E-state index contributed by atoms with van der Waals surface area (Å²) in [5, 5.41) is 9.53. The fraction of sp³-hybridized carbons (Fsp3) is 0.636. The van der Waals surface area contributed by atoms with E-state index in [0.717, 1.165) is 31.2 Å². The average Bonchev–Trinajstić information content (AvgIpc) is 2.88. The summed E-state index contributed by atoms with van der Waals surface area (Å²) in [6.45, 7) is 1.93. The summed E-state index contributed by atoms with van der Waals surface area (Å²) in [7, 11) is 0. The Morgan fingerprint density at radius 1 is 1.62 bits per heavy atom. The van der Waals surface area contributed by atoms with Crippen molar-refractivity contribution in [1.82, 2.24) is 15.5 Å². The minimum Gasteiger partial charge on any atom is -0.348 e. The van der Waals surface area contributed by atoms with Crippen LogP contribution in [0.2, 0.25) is 0 Å². The highest BCUT2D eigenvalue weighted by Crippen LogP contribution is 2.28. The molecule has 0 spiro atoms. The molecule has 1 aromatic heterocycles. The summed E-state index contributed by atoms with van der Waals surface area (Å²) in [5.74, 6) is -0.0429. The van der Waals surface area contributed by atoms with E-state index in [1.165, 1.54) is 0 Å². The minimum absolute atomic E-state index is 0.0429. The number of hydrogen-bond acceptors (Lipinski definition) is 3. The van der Waals surface area contributed by atoms with Crippen LogP contribution in [0, 0.1) is 0 Å². The third kappa shape index (κ3) is 2.09. The molecule has 1 aromatic rings. The van der Waals surface area contributed by atoms with Gasteiger partial charge in [0, 0.05) is 11.8 Å². The molecule has 4 N–H and O–H groups in total. The van der Waals surface area contributed by atoms with Gasteiger partial charge in [0.1, 0.15) is 0 Å². The number of aromatic nitrogens is 2. The number of nitrogens with one attached hydrogen (secondary N) is 2. The zero-order chi connectivity index (χ0) is 11.6. The standard InChI is InChI=1S/C11H18N4O/c1-8(9-6-13-14-7-9)15-10(16)11(12)4-2-3-5-11/h6-8H,2-5,12H2,1H3,(H,13,14)(H,15,16). The van der Waals surface area contributed by atoms with E-state index < -0.39 is 5.54 Å². The predicted octanol–water partition coefficient (Wildman–Crippen LogP) is 0.858. The lowest BCUT2D eigenvalue weighted by Crippen LogP contribution is -2.52. The molecular weight excluding hydrogens is 204 g/mol. The number of rotatable bonds is 3. The molecule has 1 saturated carbocycles. The van der Waals surface area contributed by atoms with E-state index in [0.29, 0.717) is 0 Å². The van der Waals surface area contributed by atoms with Gasteiger partial charge in [-0.05, 0) is 19.8 Å². The lowest BCUT2D eigenvalue weighted by molar-refractivity contribution is -0.126. The number of nitrogens with two attached hydrogens (primary N) is 1. The molecule has 1 unspecified atom stereocenters. The molecule has 1 amide bonds. The summed E-state index contributed by atoms with van der Waals surface area (Å²) in [4.78, 5) is 12.0. The number of hydrogen-bond donors (Lipinski definition) is 3. The largest absolute Gasteiger partial charge is 0.348 e. The SMILES string of the molecule is CC(NC(=O)C1(N)CCCC1)c1cn[nH]c1. The average molecular weight is 222 g/mol. The highest BCUT2D eigenvalue weighted by atomic mass is 16.2. The first kappa shape index (κ1) is 11.1. The lowest BCUT2D eigenvalue weighted by Gasteiger charge is -2.24. The highest BCUT2D eigenvalue weighted by molar-refractivity contribution is 5.86.